The molecule has 0 saturated carbocycles. The highest BCUT2D eigenvalue weighted by Crippen LogP contribution is 2.39. The zero-order chi connectivity index (χ0) is 18.4. The van der Waals surface area contributed by atoms with E-state index in [1.807, 2.05) is 0 Å². The lowest BCUT2D eigenvalue weighted by atomic mass is 9.89. The average molecular weight is 345 g/mol. The minimum absolute atomic E-state index is 0.0516. The first-order valence-electron chi connectivity index (χ1n) is 8.97. The molecule has 26 heavy (non-hydrogen) atoms. The van der Waals surface area contributed by atoms with E-state index in [1.54, 1.807) is 19.4 Å². The highest BCUT2D eigenvalue weighted by molar-refractivity contribution is 5.78. The second-order valence-electron chi connectivity index (χ2n) is 7.23. The highest BCUT2D eigenvalue weighted by atomic mass is 16.1. The fourth-order valence-corrected chi connectivity index (χ4v) is 4.08. The zero-order valence-corrected chi connectivity index (χ0v) is 15.4. The molecule has 3 aromatic rings. The third-order valence-electron chi connectivity index (χ3n) is 5.39. The molecule has 4 heteroatoms. The standard InChI is InChI=1S/C22H23N3O/c1-13-9-15(20-11-21(26)25(3)12-24-20)10-14(2)22(13)18-6-4-5-17-16(18)7-8-19(17)23/h4-6,9-12,19H,7-8,23H2,1-3H3/t19-/m1/s1. The number of aryl methyl sites for hydroxylation is 3. The molecule has 0 saturated heterocycles. The zero-order valence-electron chi connectivity index (χ0n) is 15.4. The van der Waals surface area contributed by atoms with Crippen LogP contribution in [0.4, 0.5) is 0 Å². The van der Waals surface area contributed by atoms with Crippen molar-refractivity contribution in [3.05, 3.63) is 75.3 Å². The van der Waals surface area contributed by atoms with Crippen LogP contribution in [-0.2, 0) is 13.5 Å². The summed E-state index contributed by atoms with van der Waals surface area (Å²) in [5.74, 6) is 0. The molecule has 4 nitrogen and oxygen atoms in total. The summed E-state index contributed by atoms with van der Waals surface area (Å²) in [5.41, 5.74) is 15.5. The van der Waals surface area contributed by atoms with Gasteiger partial charge in [-0.25, -0.2) is 4.98 Å². The number of nitrogens with zero attached hydrogens (tertiary/aromatic N) is 2. The Morgan fingerprint density at radius 3 is 2.58 bits per heavy atom. The fraction of sp³-hybridized carbons (Fsp3) is 0.273. The minimum atomic E-state index is -0.0516. The fourth-order valence-electron chi connectivity index (χ4n) is 4.08. The van der Waals surface area contributed by atoms with Gasteiger partial charge in [0.05, 0.1) is 12.0 Å². The number of nitrogens with two attached hydrogens (primary N) is 1. The monoisotopic (exact) mass is 345 g/mol. The maximum atomic E-state index is 11.9. The Balaban J connectivity index is 1.86. The van der Waals surface area contributed by atoms with E-state index in [0.29, 0.717) is 5.69 Å². The van der Waals surface area contributed by atoms with Crippen LogP contribution < -0.4 is 11.3 Å². The van der Waals surface area contributed by atoms with Gasteiger partial charge in [0.25, 0.3) is 5.56 Å². The van der Waals surface area contributed by atoms with Gasteiger partial charge in [0, 0.05) is 24.7 Å². The normalized spacial score (nSPS) is 15.9. The maximum Gasteiger partial charge on any atom is 0.253 e. The molecule has 1 heterocycles. The quantitative estimate of drug-likeness (QED) is 0.771. The second-order valence-corrected chi connectivity index (χ2v) is 7.23. The second kappa shape index (κ2) is 6.22. The van der Waals surface area contributed by atoms with Gasteiger partial charge in [0.1, 0.15) is 0 Å². The summed E-state index contributed by atoms with van der Waals surface area (Å²) < 4.78 is 1.48. The van der Waals surface area contributed by atoms with Crippen LogP contribution in [0, 0.1) is 13.8 Å². The van der Waals surface area contributed by atoms with Gasteiger partial charge < -0.3 is 10.3 Å². The van der Waals surface area contributed by atoms with E-state index in [-0.39, 0.29) is 11.6 Å². The van der Waals surface area contributed by atoms with Crippen LogP contribution in [0.25, 0.3) is 22.4 Å². The van der Waals surface area contributed by atoms with Gasteiger partial charge in [-0.15, -0.1) is 0 Å². The van der Waals surface area contributed by atoms with Gasteiger partial charge in [-0.3, -0.25) is 4.79 Å². The third kappa shape index (κ3) is 2.67. The molecule has 1 aromatic heterocycles. The predicted octanol–water partition coefficient (Wildman–Crippen LogP) is 3.68. The van der Waals surface area contributed by atoms with Gasteiger partial charge in [-0.2, -0.15) is 0 Å². The van der Waals surface area contributed by atoms with Crippen LogP contribution in [-0.4, -0.2) is 9.55 Å². The van der Waals surface area contributed by atoms with Gasteiger partial charge in [-0.05, 0) is 72.2 Å². The lowest BCUT2D eigenvalue weighted by Crippen LogP contribution is -2.15. The first-order valence-corrected chi connectivity index (χ1v) is 8.97. The van der Waals surface area contributed by atoms with Gasteiger partial charge in [-0.1, -0.05) is 18.2 Å². The van der Waals surface area contributed by atoms with Crippen molar-refractivity contribution in [2.75, 3.05) is 0 Å². The van der Waals surface area contributed by atoms with Crippen LogP contribution in [0.2, 0.25) is 0 Å². The summed E-state index contributed by atoms with van der Waals surface area (Å²) in [5, 5.41) is 0. The topological polar surface area (TPSA) is 60.9 Å². The van der Waals surface area contributed by atoms with Gasteiger partial charge in [0.15, 0.2) is 0 Å². The predicted molar refractivity (Wildman–Crippen MR) is 105 cm³/mol. The largest absolute Gasteiger partial charge is 0.324 e. The summed E-state index contributed by atoms with van der Waals surface area (Å²) in [6, 6.07) is 12.4. The SMILES string of the molecule is Cc1cc(-c2cc(=O)n(C)cn2)cc(C)c1-c1cccc2c1CC[C@H]2N. The first kappa shape index (κ1) is 16.7. The Labute approximate surface area is 153 Å². The number of benzene rings is 2. The van der Waals surface area contributed by atoms with Crippen molar-refractivity contribution >= 4 is 0 Å². The molecule has 0 radical (unpaired) electrons. The molecule has 1 atom stereocenters. The van der Waals surface area contributed by atoms with E-state index in [4.69, 9.17) is 5.73 Å². The summed E-state index contributed by atoms with van der Waals surface area (Å²) in [6.07, 6.45) is 3.62. The molecule has 0 spiro atoms. The molecule has 2 aromatic carbocycles. The Hall–Kier alpha value is -2.72. The van der Waals surface area contributed by atoms with Gasteiger partial charge in [0.2, 0.25) is 0 Å². The Bertz CT molecular complexity index is 1040. The molecule has 132 valence electrons. The van der Waals surface area contributed by atoms with Gasteiger partial charge >= 0.3 is 0 Å². The summed E-state index contributed by atoms with van der Waals surface area (Å²) >= 11 is 0. The van der Waals surface area contributed by atoms with Crippen LogP contribution in [0.5, 0.6) is 0 Å². The Kier molecular flexibility index (Phi) is 4.00. The minimum Gasteiger partial charge on any atom is -0.324 e. The molecule has 0 amide bonds. The average Bonchev–Trinajstić information content (AvgIpc) is 2.99. The van der Waals surface area contributed by atoms with Crippen LogP contribution in [0.1, 0.15) is 34.7 Å². The van der Waals surface area contributed by atoms with Crippen LogP contribution in [0.3, 0.4) is 0 Å². The lowest BCUT2D eigenvalue weighted by Gasteiger charge is -2.16. The lowest BCUT2D eigenvalue weighted by molar-refractivity contribution is 0.713. The summed E-state index contributed by atoms with van der Waals surface area (Å²) in [4.78, 5) is 16.3. The molecular weight excluding hydrogens is 322 g/mol. The molecule has 4 rings (SSSR count). The van der Waals surface area contributed by atoms with Crippen molar-refractivity contribution in [3.8, 4) is 22.4 Å². The number of hydrogen-bond acceptors (Lipinski definition) is 3. The van der Waals surface area contributed by atoms with E-state index in [1.165, 1.54) is 37.9 Å². The van der Waals surface area contributed by atoms with Crippen molar-refractivity contribution in [1.29, 1.82) is 0 Å². The number of fused-ring (bicyclic) bond motifs is 1. The number of aromatic nitrogens is 2. The van der Waals surface area contributed by atoms with E-state index < -0.39 is 0 Å². The molecule has 0 bridgehead atoms. The molecule has 2 N–H and O–H groups in total. The maximum absolute atomic E-state index is 11.9. The van der Waals surface area contributed by atoms with E-state index >= 15 is 0 Å². The van der Waals surface area contributed by atoms with Crippen molar-refractivity contribution in [2.24, 2.45) is 12.8 Å². The first-order chi connectivity index (χ1) is 12.5. The van der Waals surface area contributed by atoms with E-state index in [0.717, 1.165) is 18.4 Å². The van der Waals surface area contributed by atoms with Crippen molar-refractivity contribution in [3.63, 3.8) is 0 Å². The summed E-state index contributed by atoms with van der Waals surface area (Å²) in [6.45, 7) is 4.25. The smallest absolute Gasteiger partial charge is 0.253 e. The molecule has 0 aliphatic heterocycles. The molecule has 0 unspecified atom stereocenters. The Morgan fingerprint density at radius 2 is 1.88 bits per heavy atom. The van der Waals surface area contributed by atoms with E-state index in [9.17, 15) is 4.79 Å². The molecular formula is C22H23N3O. The van der Waals surface area contributed by atoms with Crippen LogP contribution in [0.15, 0.2) is 47.5 Å². The third-order valence-corrected chi connectivity index (χ3v) is 5.39. The Morgan fingerprint density at radius 1 is 1.15 bits per heavy atom. The summed E-state index contributed by atoms with van der Waals surface area (Å²) in [7, 11) is 1.71. The molecule has 0 fully saturated rings. The van der Waals surface area contributed by atoms with Crippen LogP contribution >= 0.6 is 0 Å². The molecule has 1 aliphatic rings. The van der Waals surface area contributed by atoms with Crippen molar-refractivity contribution in [1.82, 2.24) is 9.55 Å². The highest BCUT2D eigenvalue weighted by Gasteiger charge is 2.23. The van der Waals surface area contributed by atoms with E-state index in [2.05, 4.69) is 49.2 Å². The number of rotatable bonds is 2. The van der Waals surface area contributed by atoms with Crippen molar-refractivity contribution in [2.45, 2.75) is 32.7 Å². The number of hydrogen-bond donors (Lipinski definition) is 1. The van der Waals surface area contributed by atoms with Crippen molar-refractivity contribution < 1.29 is 0 Å². The molecule has 1 aliphatic carbocycles.